The van der Waals surface area contributed by atoms with Crippen molar-refractivity contribution in [3.8, 4) is 0 Å². The number of thiazole rings is 1. The number of hydrogen-bond acceptors (Lipinski definition) is 10. The number of nitrogens with zero attached hydrogens (tertiary/aromatic N) is 2. The average Bonchev–Trinajstić information content (AvgIpc) is 3.54. The van der Waals surface area contributed by atoms with Crippen molar-refractivity contribution in [3.05, 3.63) is 52.0 Å². The number of hydrogen-bond donors (Lipinski definition) is 3. The van der Waals surface area contributed by atoms with Crippen LogP contribution in [0.3, 0.4) is 0 Å². The van der Waals surface area contributed by atoms with Crippen LogP contribution in [0.4, 0.5) is 0 Å². The Hall–Kier alpha value is -3.84. The summed E-state index contributed by atoms with van der Waals surface area (Å²) in [6.07, 6.45) is 0.877. The van der Waals surface area contributed by atoms with E-state index in [0.717, 1.165) is 5.56 Å². The van der Waals surface area contributed by atoms with E-state index in [1.165, 1.54) is 25.4 Å². The molecule has 0 saturated heterocycles. The molecule has 12 nitrogen and oxygen atoms in total. The van der Waals surface area contributed by atoms with E-state index in [1.807, 2.05) is 58.0 Å². The summed E-state index contributed by atoms with van der Waals surface area (Å²) in [5.74, 6) is -2.71. The molecule has 0 spiro atoms. The number of methoxy groups -OCH3 is 1. The molecule has 49 heavy (non-hydrogen) atoms. The lowest BCUT2D eigenvalue weighted by Gasteiger charge is -2.37. The van der Waals surface area contributed by atoms with Crippen molar-refractivity contribution in [1.29, 1.82) is 0 Å². The van der Waals surface area contributed by atoms with E-state index < -0.39 is 47.4 Å². The van der Waals surface area contributed by atoms with Crippen molar-refractivity contribution in [2.75, 3.05) is 14.2 Å². The predicted molar refractivity (Wildman–Crippen MR) is 189 cm³/mol. The number of rotatable bonds is 18. The monoisotopic (exact) mass is 701 g/mol. The van der Waals surface area contributed by atoms with Gasteiger partial charge < -0.3 is 30.7 Å². The van der Waals surface area contributed by atoms with Crippen molar-refractivity contribution in [2.45, 2.75) is 111 Å². The molecule has 1 aromatic heterocycles. The fourth-order valence-corrected chi connectivity index (χ4v) is 6.34. The zero-order chi connectivity index (χ0) is 37.1. The number of carbonyl (C=O) groups excluding carboxylic acids is 5. The molecule has 0 saturated carbocycles. The summed E-state index contributed by atoms with van der Waals surface area (Å²) in [4.78, 5) is 70.8. The Balaban J connectivity index is 2.33. The van der Waals surface area contributed by atoms with Crippen LogP contribution in [0.1, 0.15) is 102 Å². The van der Waals surface area contributed by atoms with Crippen LogP contribution in [-0.2, 0) is 35.1 Å². The van der Waals surface area contributed by atoms with Gasteiger partial charge >= 0.3 is 11.9 Å². The number of nitrogens with one attached hydrogen (secondary N) is 2. The van der Waals surface area contributed by atoms with Crippen molar-refractivity contribution in [1.82, 2.24) is 20.5 Å². The molecule has 2 rings (SSSR count). The number of nitrogens with two attached hydrogens (primary N) is 1. The molecule has 3 amide bonds. The Bertz CT molecular complexity index is 1410. The van der Waals surface area contributed by atoms with Gasteiger partial charge in [0.1, 0.15) is 16.7 Å². The van der Waals surface area contributed by atoms with Gasteiger partial charge in [0.05, 0.1) is 18.6 Å². The molecule has 1 heterocycles. The van der Waals surface area contributed by atoms with Crippen LogP contribution < -0.4 is 16.4 Å². The highest BCUT2D eigenvalue weighted by molar-refractivity contribution is 7.09. The van der Waals surface area contributed by atoms with Gasteiger partial charge in [-0.3, -0.25) is 24.0 Å². The first kappa shape index (κ1) is 41.3. The molecule has 0 bridgehead atoms. The number of ether oxygens (including phenoxy) is 2. The summed E-state index contributed by atoms with van der Waals surface area (Å²) in [7, 11) is 3.01. The van der Waals surface area contributed by atoms with E-state index in [2.05, 4.69) is 15.6 Å². The third-order valence-electron chi connectivity index (χ3n) is 8.66. The van der Waals surface area contributed by atoms with E-state index in [0.29, 0.717) is 24.3 Å². The molecule has 272 valence electrons. The highest BCUT2D eigenvalue weighted by Crippen LogP contribution is 2.31. The number of likely N-dealkylation sites (N-methyl/N-ethyl adjacent to an activating group) is 1. The van der Waals surface area contributed by atoms with Crippen molar-refractivity contribution < 1.29 is 33.4 Å². The van der Waals surface area contributed by atoms with Gasteiger partial charge in [0.25, 0.3) is 5.91 Å². The quantitative estimate of drug-likeness (QED) is 0.190. The predicted octanol–water partition coefficient (Wildman–Crippen LogP) is 4.43. The van der Waals surface area contributed by atoms with Gasteiger partial charge in [-0.25, -0.2) is 4.98 Å². The van der Waals surface area contributed by atoms with E-state index >= 15 is 0 Å². The van der Waals surface area contributed by atoms with Crippen LogP contribution >= 0.6 is 11.3 Å². The normalized spacial score (nSPS) is 15.3. The molecular formula is C36H55N5O7S. The second-order valence-electron chi connectivity index (χ2n) is 13.7. The summed E-state index contributed by atoms with van der Waals surface area (Å²) < 4.78 is 10.6. The molecular weight excluding hydrogens is 646 g/mol. The van der Waals surface area contributed by atoms with Gasteiger partial charge in [-0.05, 0) is 44.1 Å². The zero-order valence-electron chi connectivity index (χ0n) is 30.6. The lowest BCUT2D eigenvalue weighted by Crippen LogP contribution is -2.59. The van der Waals surface area contributed by atoms with Crippen LogP contribution in [0, 0.1) is 17.8 Å². The number of carbonyl (C=O) groups is 5. The van der Waals surface area contributed by atoms with Crippen molar-refractivity contribution >= 4 is 41.0 Å². The molecule has 0 aliphatic heterocycles. The van der Waals surface area contributed by atoms with Crippen LogP contribution in [-0.4, -0.2) is 77.4 Å². The number of esters is 2. The number of amides is 3. The first-order chi connectivity index (χ1) is 22.9. The maximum atomic E-state index is 13.9. The Morgan fingerprint density at radius 2 is 1.65 bits per heavy atom. The number of aromatic nitrogens is 1. The maximum absolute atomic E-state index is 13.9. The Kier molecular flexibility index (Phi) is 15.9. The molecule has 0 fully saturated rings. The van der Waals surface area contributed by atoms with Crippen molar-refractivity contribution in [3.63, 3.8) is 0 Å². The SMILES string of the molecule is CCC(C)C(NC(=O)C(C)(C)N)C(=O)N(C)C(CC(OC(C)=O)c1nc(C(=O)NC(Cc2ccccc2)CC(C)C(=O)OC)cs1)C(C)C. The fourth-order valence-electron chi connectivity index (χ4n) is 5.50. The maximum Gasteiger partial charge on any atom is 0.308 e. The molecule has 0 aliphatic carbocycles. The Labute approximate surface area is 294 Å². The van der Waals surface area contributed by atoms with E-state index in [4.69, 9.17) is 15.2 Å². The van der Waals surface area contributed by atoms with Gasteiger partial charge in [-0.1, -0.05) is 71.4 Å². The van der Waals surface area contributed by atoms with E-state index in [9.17, 15) is 24.0 Å². The minimum Gasteiger partial charge on any atom is -0.469 e. The van der Waals surface area contributed by atoms with Gasteiger partial charge in [0, 0.05) is 37.9 Å². The molecule has 6 atom stereocenters. The molecule has 0 aliphatic rings. The van der Waals surface area contributed by atoms with Crippen LogP contribution in [0.15, 0.2) is 35.7 Å². The third kappa shape index (κ3) is 12.5. The minimum absolute atomic E-state index is 0.0653. The smallest absolute Gasteiger partial charge is 0.308 e. The fraction of sp³-hybridized carbons (Fsp3) is 0.611. The lowest BCUT2D eigenvalue weighted by molar-refractivity contribution is -0.149. The second-order valence-corrected chi connectivity index (χ2v) is 14.6. The summed E-state index contributed by atoms with van der Waals surface area (Å²) in [6, 6.07) is 8.05. The van der Waals surface area contributed by atoms with E-state index in [-0.39, 0.29) is 41.9 Å². The van der Waals surface area contributed by atoms with Gasteiger partial charge in [-0.15, -0.1) is 11.3 Å². The van der Waals surface area contributed by atoms with Crippen LogP contribution in [0.25, 0.3) is 0 Å². The summed E-state index contributed by atoms with van der Waals surface area (Å²) in [5, 5.41) is 7.88. The summed E-state index contributed by atoms with van der Waals surface area (Å²) >= 11 is 1.18. The molecule has 4 N–H and O–H groups in total. The number of benzene rings is 1. The zero-order valence-corrected chi connectivity index (χ0v) is 31.4. The third-order valence-corrected chi connectivity index (χ3v) is 9.60. The largest absolute Gasteiger partial charge is 0.469 e. The minimum atomic E-state index is -1.17. The topological polar surface area (TPSA) is 170 Å². The van der Waals surface area contributed by atoms with Crippen LogP contribution in [0.5, 0.6) is 0 Å². The average molecular weight is 702 g/mol. The van der Waals surface area contributed by atoms with Gasteiger partial charge in [0.2, 0.25) is 11.8 Å². The summed E-state index contributed by atoms with van der Waals surface area (Å²) in [6.45, 7) is 14.0. The van der Waals surface area contributed by atoms with Crippen molar-refractivity contribution in [2.24, 2.45) is 23.5 Å². The molecule has 6 unspecified atom stereocenters. The Morgan fingerprint density at radius 1 is 1.02 bits per heavy atom. The molecule has 2 aromatic rings. The second kappa shape index (κ2) is 18.8. The first-order valence-electron chi connectivity index (χ1n) is 16.8. The molecule has 1 aromatic carbocycles. The van der Waals surface area contributed by atoms with Crippen LogP contribution in [0.2, 0.25) is 0 Å². The van der Waals surface area contributed by atoms with E-state index in [1.54, 1.807) is 38.1 Å². The lowest BCUT2D eigenvalue weighted by atomic mass is 9.92. The molecule has 13 heteroatoms. The standard InChI is InChI=1S/C36H55N5O7S/c1-11-22(4)30(40-35(46)36(7,8)37)33(44)41(9)28(21(2)3)19-29(48-24(6)42)32-39-27(20-49-32)31(43)38-26(17-23(5)34(45)47-10)18-25-15-13-12-14-16-25/h12-16,20-23,26,28-30H,11,17-19,37H2,1-10H3,(H,38,43)(H,40,46). The first-order valence-corrected chi connectivity index (χ1v) is 17.7. The highest BCUT2D eigenvalue weighted by Gasteiger charge is 2.37. The van der Waals surface area contributed by atoms with Gasteiger partial charge in [0.15, 0.2) is 6.10 Å². The summed E-state index contributed by atoms with van der Waals surface area (Å²) in [5.41, 5.74) is 5.99. The highest BCUT2D eigenvalue weighted by atomic mass is 32.1. The van der Waals surface area contributed by atoms with Gasteiger partial charge in [-0.2, -0.15) is 0 Å². The Morgan fingerprint density at radius 3 is 2.18 bits per heavy atom. The molecule has 0 radical (unpaired) electrons.